The topological polar surface area (TPSA) is 152 Å². The van der Waals surface area contributed by atoms with Crippen LogP contribution in [0.4, 0.5) is 10.3 Å². The van der Waals surface area contributed by atoms with E-state index in [0.29, 0.717) is 49.8 Å². The summed E-state index contributed by atoms with van der Waals surface area (Å²) in [7, 11) is 0. The number of phenols is 3. The molecule has 2 aliphatic heterocycles. The van der Waals surface area contributed by atoms with E-state index in [9.17, 15) is 24.9 Å². The first-order valence-corrected chi connectivity index (χ1v) is 16.0. The van der Waals surface area contributed by atoms with Crippen LogP contribution in [-0.2, 0) is 9.59 Å². The van der Waals surface area contributed by atoms with Crippen molar-refractivity contribution >= 4 is 56.2 Å². The fourth-order valence-corrected chi connectivity index (χ4v) is 7.44. The van der Waals surface area contributed by atoms with E-state index in [2.05, 4.69) is 20.2 Å². The molecule has 0 bridgehead atoms. The number of rotatable bonds is 7. The van der Waals surface area contributed by atoms with E-state index < -0.39 is 17.8 Å². The minimum Gasteiger partial charge on any atom is -0.508 e. The summed E-state index contributed by atoms with van der Waals surface area (Å²) in [6.45, 7) is 3.49. The highest BCUT2D eigenvalue weighted by atomic mass is 32.1. The molecule has 11 nitrogen and oxygen atoms in total. The fourth-order valence-electron chi connectivity index (χ4n) is 5.89. The Bertz CT molecular complexity index is 1930. The van der Waals surface area contributed by atoms with Crippen molar-refractivity contribution in [1.82, 2.24) is 9.97 Å². The van der Waals surface area contributed by atoms with Gasteiger partial charge in [0.15, 0.2) is 0 Å². The Kier molecular flexibility index (Phi) is 7.34. The number of amides is 2. The van der Waals surface area contributed by atoms with Crippen LogP contribution in [0.1, 0.15) is 25.3 Å². The number of para-hydroxylation sites is 2. The van der Waals surface area contributed by atoms with Gasteiger partial charge < -0.3 is 15.3 Å². The molecule has 7 rings (SSSR count). The van der Waals surface area contributed by atoms with Gasteiger partial charge in [0.2, 0.25) is 10.3 Å². The first-order valence-electron chi connectivity index (χ1n) is 14.3. The first-order chi connectivity index (χ1) is 22.2. The Labute approximate surface area is 271 Å². The lowest BCUT2D eigenvalue weighted by Gasteiger charge is -2.28. The van der Waals surface area contributed by atoms with Crippen molar-refractivity contribution in [2.75, 3.05) is 10.0 Å². The van der Waals surface area contributed by atoms with Crippen molar-refractivity contribution in [3.8, 4) is 39.8 Å². The van der Waals surface area contributed by atoms with Crippen molar-refractivity contribution in [1.29, 1.82) is 0 Å². The number of carbonyl (C=O) groups is 2. The van der Waals surface area contributed by atoms with Gasteiger partial charge in [-0.15, -0.1) is 22.7 Å². The molecule has 2 amide bonds. The number of carbonyl (C=O) groups excluding carboxylic acids is 2. The van der Waals surface area contributed by atoms with Gasteiger partial charge in [-0.25, -0.2) is 9.97 Å². The minimum absolute atomic E-state index is 0.0518. The Morgan fingerprint density at radius 2 is 1.09 bits per heavy atom. The highest BCUT2D eigenvalue weighted by molar-refractivity contribution is 7.14. The molecule has 2 aliphatic rings. The Morgan fingerprint density at radius 3 is 1.52 bits per heavy atom. The number of nitrogens with zero attached hydrogens (tertiary/aromatic N) is 6. The van der Waals surface area contributed by atoms with Gasteiger partial charge in [-0.1, -0.05) is 36.4 Å². The normalized spacial score (nSPS) is 18.1. The third-order valence-electron chi connectivity index (χ3n) is 8.07. The van der Waals surface area contributed by atoms with Crippen LogP contribution in [-0.4, -0.2) is 48.5 Å². The van der Waals surface area contributed by atoms with Crippen LogP contribution in [0.2, 0.25) is 0 Å². The third kappa shape index (κ3) is 4.99. The molecule has 46 heavy (non-hydrogen) atoms. The predicted molar refractivity (Wildman–Crippen MR) is 177 cm³/mol. The number of hydrogen-bond acceptors (Lipinski definition) is 11. The van der Waals surface area contributed by atoms with Crippen LogP contribution >= 0.6 is 22.7 Å². The van der Waals surface area contributed by atoms with Crippen molar-refractivity contribution in [3.05, 3.63) is 89.1 Å². The monoisotopic (exact) mass is 650 g/mol. The molecule has 0 saturated heterocycles. The average molecular weight is 651 g/mol. The van der Waals surface area contributed by atoms with Crippen molar-refractivity contribution < 1.29 is 24.9 Å². The van der Waals surface area contributed by atoms with Gasteiger partial charge in [0.25, 0.3) is 11.8 Å². The molecule has 13 heteroatoms. The lowest BCUT2D eigenvalue weighted by Crippen LogP contribution is -2.40. The van der Waals surface area contributed by atoms with Gasteiger partial charge in [-0.3, -0.25) is 9.59 Å². The number of benzene rings is 3. The zero-order valence-corrected chi connectivity index (χ0v) is 26.1. The van der Waals surface area contributed by atoms with Crippen molar-refractivity contribution in [2.24, 2.45) is 22.0 Å². The number of thiazole rings is 2. The lowest BCUT2D eigenvalue weighted by molar-refractivity contribution is -0.122. The minimum atomic E-state index is -0.839. The molecule has 0 fully saturated rings. The molecular formula is C33H26N6O5S2. The van der Waals surface area contributed by atoms with Gasteiger partial charge in [0.1, 0.15) is 17.2 Å². The summed E-state index contributed by atoms with van der Waals surface area (Å²) in [5.41, 5.74) is 3.74. The summed E-state index contributed by atoms with van der Waals surface area (Å²) in [5.74, 6) is -2.90. The van der Waals surface area contributed by atoms with Crippen LogP contribution in [0.3, 0.4) is 0 Å². The molecule has 2 aromatic heterocycles. The first kappa shape index (κ1) is 29.3. The maximum absolute atomic E-state index is 14.2. The molecule has 0 radical (unpaired) electrons. The molecule has 5 aromatic rings. The number of aromatic nitrogens is 2. The molecule has 4 heterocycles. The van der Waals surface area contributed by atoms with E-state index >= 15 is 0 Å². The smallest absolute Gasteiger partial charge is 0.259 e. The highest BCUT2D eigenvalue weighted by Gasteiger charge is 2.51. The molecule has 0 aliphatic carbocycles. The van der Waals surface area contributed by atoms with Gasteiger partial charge in [-0.05, 0) is 55.8 Å². The maximum atomic E-state index is 14.2. The van der Waals surface area contributed by atoms with E-state index in [1.54, 1.807) is 85.3 Å². The van der Waals surface area contributed by atoms with Crippen LogP contribution in [0.15, 0.2) is 93.8 Å². The number of hydrazone groups is 2. The molecule has 0 unspecified atom stereocenters. The summed E-state index contributed by atoms with van der Waals surface area (Å²) >= 11 is 2.44. The van der Waals surface area contributed by atoms with Gasteiger partial charge >= 0.3 is 0 Å². The summed E-state index contributed by atoms with van der Waals surface area (Å²) in [6.07, 6.45) is 0. The van der Waals surface area contributed by atoms with Crippen molar-refractivity contribution in [2.45, 2.75) is 19.8 Å². The Balaban J connectivity index is 1.22. The molecule has 3 aromatic carbocycles. The van der Waals surface area contributed by atoms with E-state index in [-0.39, 0.29) is 29.1 Å². The summed E-state index contributed by atoms with van der Waals surface area (Å²) < 4.78 is 0. The second-order valence-corrected chi connectivity index (χ2v) is 12.6. The molecule has 0 saturated carbocycles. The zero-order chi connectivity index (χ0) is 32.1. The van der Waals surface area contributed by atoms with Crippen LogP contribution in [0.5, 0.6) is 17.2 Å². The van der Waals surface area contributed by atoms with E-state index in [1.165, 1.54) is 44.8 Å². The summed E-state index contributed by atoms with van der Waals surface area (Å²) in [4.78, 5) is 37.6. The average Bonchev–Trinajstić information content (AvgIpc) is 3.83. The number of phenolic OH excluding ortho intramolecular Hbond substituents is 3. The number of hydrogen-bond donors (Lipinski definition) is 3. The van der Waals surface area contributed by atoms with Gasteiger partial charge in [-0.2, -0.15) is 20.2 Å². The molecule has 3 N–H and O–H groups in total. The van der Waals surface area contributed by atoms with Gasteiger partial charge in [0, 0.05) is 39.2 Å². The van der Waals surface area contributed by atoms with E-state index in [0.717, 1.165) is 0 Å². The maximum Gasteiger partial charge on any atom is 0.259 e. The van der Waals surface area contributed by atoms with Crippen molar-refractivity contribution in [3.63, 3.8) is 0 Å². The lowest BCUT2D eigenvalue weighted by atomic mass is 9.73. The van der Waals surface area contributed by atoms with Gasteiger partial charge in [0.05, 0.1) is 23.2 Å². The molecule has 0 spiro atoms. The fraction of sp³-hybridized carbons (Fsp3) is 0.152. The predicted octanol–water partition coefficient (Wildman–Crippen LogP) is 6.21. The molecule has 2 atom stereocenters. The van der Waals surface area contributed by atoms with Crippen LogP contribution < -0.4 is 10.0 Å². The Morgan fingerprint density at radius 1 is 0.652 bits per heavy atom. The second-order valence-electron chi connectivity index (χ2n) is 10.9. The zero-order valence-electron chi connectivity index (χ0n) is 24.5. The second kappa shape index (κ2) is 11.5. The summed E-state index contributed by atoms with van der Waals surface area (Å²) in [6, 6.07) is 20.1. The third-order valence-corrected chi connectivity index (χ3v) is 9.70. The van der Waals surface area contributed by atoms with Crippen LogP contribution in [0, 0.1) is 11.8 Å². The molecule has 230 valence electrons. The molecular weight excluding hydrogens is 625 g/mol. The SMILES string of the molecule is CC1=NN(c2nc(-c3ccccc3O)cs2)C(=O)[C@H]1C(c1ccc(O)cc1)[C@@H]1C(=O)N(c2nc(-c3ccccc3O)cs2)N=C1C. The number of aromatic hydroxyl groups is 3. The Hall–Kier alpha value is -5.40. The van der Waals surface area contributed by atoms with E-state index in [1.807, 2.05) is 0 Å². The van der Waals surface area contributed by atoms with Crippen LogP contribution in [0.25, 0.3) is 22.5 Å². The summed E-state index contributed by atoms with van der Waals surface area (Å²) in [5, 5.41) is 46.5. The highest BCUT2D eigenvalue weighted by Crippen LogP contribution is 2.44. The van der Waals surface area contributed by atoms with E-state index in [4.69, 9.17) is 0 Å². The largest absolute Gasteiger partial charge is 0.508 e. The number of anilines is 2. The quantitative estimate of drug-likeness (QED) is 0.189. The standard InChI is InChI=1S/C33H26N6O5S2/c1-17-27(30(43)38(36-17)32-34-23(15-45-32)21-7-3-5-9-25(21)41)29(19-11-13-20(40)14-12-19)28-18(2)37-39(31(28)44)33-35-24(16-46-33)22-8-4-6-10-26(22)42/h3-16,27-29,40-42H,1-2H3/t27-,28-/m1/s1.